The fraction of sp³-hybridized carbons (Fsp3) is 0.433. The summed E-state index contributed by atoms with van der Waals surface area (Å²) in [6.45, 7) is 19.4. The fourth-order valence-electron chi connectivity index (χ4n) is 2.88. The van der Waals surface area contributed by atoms with Crippen LogP contribution in [0.1, 0.15) is 66.4 Å². The minimum atomic E-state index is -0.487. The van der Waals surface area contributed by atoms with Crippen LogP contribution in [0.15, 0.2) is 66.8 Å². The molecule has 4 N–H and O–H groups in total. The lowest BCUT2D eigenvalue weighted by Gasteiger charge is -2.30. The predicted molar refractivity (Wildman–Crippen MR) is 160 cm³/mol. The van der Waals surface area contributed by atoms with E-state index in [0.717, 1.165) is 11.3 Å². The van der Waals surface area contributed by atoms with E-state index in [0.29, 0.717) is 31.6 Å². The number of nitrogens with two attached hydrogens (primary N) is 1. The number of para-hydroxylation sites is 1. The Bertz CT molecular complexity index is 915. The number of amides is 2. The summed E-state index contributed by atoms with van der Waals surface area (Å²) >= 11 is 0. The molecule has 1 aromatic carbocycles. The SMILES string of the molecule is C#CC(C)N/N=C1\CC(=O)N(CCCNC(=O)C(N)CC)c2ccccc21.C=C/C=C\C.C=CC.CC. The lowest BCUT2D eigenvalue weighted by Crippen LogP contribution is -2.42. The molecular formula is C30H47N5O2. The predicted octanol–water partition coefficient (Wildman–Crippen LogP) is 4.95. The van der Waals surface area contributed by atoms with Crippen molar-refractivity contribution >= 4 is 23.2 Å². The highest BCUT2D eigenvalue weighted by Gasteiger charge is 2.28. The number of carbonyl (C=O) groups is 2. The van der Waals surface area contributed by atoms with Crippen LogP contribution in [0.2, 0.25) is 0 Å². The summed E-state index contributed by atoms with van der Waals surface area (Å²) in [5, 5.41) is 7.14. The molecular weight excluding hydrogens is 462 g/mol. The number of anilines is 1. The third-order valence-electron chi connectivity index (χ3n) is 4.73. The van der Waals surface area contributed by atoms with Crippen LogP contribution in [0, 0.1) is 12.3 Å². The van der Waals surface area contributed by atoms with Crippen LogP contribution in [0.4, 0.5) is 5.69 Å². The maximum absolute atomic E-state index is 12.6. The first-order valence-electron chi connectivity index (χ1n) is 12.8. The number of benzene rings is 1. The molecule has 1 aliphatic heterocycles. The third-order valence-corrected chi connectivity index (χ3v) is 4.73. The highest BCUT2D eigenvalue weighted by molar-refractivity contribution is 6.21. The van der Waals surface area contributed by atoms with E-state index in [2.05, 4.69) is 34.9 Å². The van der Waals surface area contributed by atoms with Gasteiger partial charge in [-0.15, -0.1) is 13.0 Å². The summed E-state index contributed by atoms with van der Waals surface area (Å²) in [5.74, 6) is 2.36. The quantitative estimate of drug-likeness (QED) is 0.144. The van der Waals surface area contributed by atoms with Gasteiger partial charge in [-0.25, -0.2) is 0 Å². The van der Waals surface area contributed by atoms with E-state index in [4.69, 9.17) is 12.2 Å². The molecule has 0 bridgehead atoms. The zero-order chi connectivity index (χ0) is 28.6. The maximum atomic E-state index is 12.6. The Morgan fingerprint density at radius 1 is 1.30 bits per heavy atom. The van der Waals surface area contributed by atoms with Gasteiger partial charge >= 0.3 is 0 Å². The molecule has 7 heteroatoms. The summed E-state index contributed by atoms with van der Waals surface area (Å²) in [5.41, 5.74) is 11.0. The molecule has 1 heterocycles. The molecule has 1 aromatic rings. The number of carbonyl (C=O) groups excluding carboxylic acids is 2. The van der Waals surface area contributed by atoms with Gasteiger partial charge in [-0.05, 0) is 39.7 Å². The fourth-order valence-corrected chi connectivity index (χ4v) is 2.88. The topological polar surface area (TPSA) is 99.8 Å². The zero-order valence-corrected chi connectivity index (χ0v) is 23.6. The zero-order valence-electron chi connectivity index (χ0n) is 23.6. The lowest BCUT2D eigenvalue weighted by atomic mass is 9.99. The summed E-state index contributed by atoms with van der Waals surface area (Å²) in [7, 11) is 0. The molecule has 0 radical (unpaired) electrons. The van der Waals surface area contributed by atoms with Crippen LogP contribution in [0.3, 0.4) is 0 Å². The molecule has 0 spiro atoms. The normalized spacial score (nSPS) is 14.2. The number of hydrazone groups is 1. The summed E-state index contributed by atoms with van der Waals surface area (Å²) < 4.78 is 0. The molecule has 0 saturated carbocycles. The molecule has 2 atom stereocenters. The average Bonchev–Trinajstić information content (AvgIpc) is 2.92. The molecule has 37 heavy (non-hydrogen) atoms. The van der Waals surface area contributed by atoms with E-state index < -0.39 is 6.04 Å². The van der Waals surface area contributed by atoms with Gasteiger partial charge in [-0.1, -0.05) is 75.8 Å². The summed E-state index contributed by atoms with van der Waals surface area (Å²) in [4.78, 5) is 26.1. The van der Waals surface area contributed by atoms with Crippen molar-refractivity contribution in [3.05, 3.63) is 67.3 Å². The monoisotopic (exact) mass is 509 g/mol. The van der Waals surface area contributed by atoms with Gasteiger partial charge in [-0.3, -0.25) is 15.0 Å². The molecule has 0 aliphatic carbocycles. The summed E-state index contributed by atoms with van der Waals surface area (Å²) in [6.07, 6.45) is 14.1. The number of hydrogen-bond acceptors (Lipinski definition) is 5. The van der Waals surface area contributed by atoms with Gasteiger partial charge in [0.15, 0.2) is 0 Å². The third kappa shape index (κ3) is 14.5. The van der Waals surface area contributed by atoms with Gasteiger partial charge < -0.3 is 16.0 Å². The molecule has 7 nitrogen and oxygen atoms in total. The standard InChI is InChI=1S/C20H27N5O2.C5H8.C3H6.C2H6/c1-4-14(3)23-24-17-13-19(26)25(18-10-7-6-9-15(17)18)12-8-11-22-20(27)16(21)5-2;1-3-5-4-2;1-3-2;1-2/h1,6-7,9-10,14,16,23H,5,8,11-13,21H2,2-3H3,(H,22,27);3-5H,1H2,2H3;3H,1H2,2H3;1-2H3/b24-17+;5-4-;;. The first-order valence-corrected chi connectivity index (χ1v) is 12.8. The van der Waals surface area contributed by atoms with E-state index in [1.54, 1.807) is 17.1 Å². The second kappa shape index (κ2) is 22.8. The molecule has 0 fully saturated rings. The number of fused-ring (bicyclic) bond motifs is 1. The highest BCUT2D eigenvalue weighted by atomic mass is 16.2. The Balaban J connectivity index is 0. The van der Waals surface area contributed by atoms with Crippen molar-refractivity contribution < 1.29 is 9.59 Å². The number of nitrogens with one attached hydrogen (secondary N) is 2. The number of rotatable bonds is 9. The van der Waals surface area contributed by atoms with E-state index in [1.165, 1.54) is 0 Å². The Morgan fingerprint density at radius 3 is 2.43 bits per heavy atom. The molecule has 2 amide bonds. The summed E-state index contributed by atoms with van der Waals surface area (Å²) in [6, 6.07) is 6.95. The highest BCUT2D eigenvalue weighted by Crippen LogP contribution is 2.28. The van der Waals surface area contributed by atoms with Gasteiger partial charge in [0.25, 0.3) is 0 Å². The van der Waals surface area contributed by atoms with Crippen molar-refractivity contribution in [3.8, 4) is 12.3 Å². The van der Waals surface area contributed by atoms with Crippen molar-refractivity contribution in [1.29, 1.82) is 0 Å². The van der Waals surface area contributed by atoms with Crippen molar-refractivity contribution in [3.63, 3.8) is 0 Å². The van der Waals surface area contributed by atoms with Crippen LogP contribution in [-0.2, 0) is 9.59 Å². The van der Waals surface area contributed by atoms with Crippen molar-refractivity contribution in [2.24, 2.45) is 10.8 Å². The van der Waals surface area contributed by atoms with Crippen LogP contribution in [0.25, 0.3) is 0 Å². The first kappa shape index (κ1) is 35.5. The van der Waals surface area contributed by atoms with E-state index in [-0.39, 0.29) is 24.3 Å². The first-order chi connectivity index (χ1) is 17.8. The van der Waals surface area contributed by atoms with Gasteiger partial charge in [-0.2, -0.15) is 5.10 Å². The minimum absolute atomic E-state index is 0.0285. The Hall–Kier alpha value is -3.63. The second-order valence-electron chi connectivity index (χ2n) is 7.64. The molecule has 204 valence electrons. The molecule has 2 rings (SSSR count). The van der Waals surface area contributed by atoms with Gasteiger partial charge in [0.1, 0.15) is 6.04 Å². The molecule has 0 aromatic heterocycles. The van der Waals surface area contributed by atoms with Crippen LogP contribution in [-0.4, -0.2) is 42.7 Å². The number of nitrogens with zero attached hydrogens (tertiary/aromatic N) is 2. The second-order valence-corrected chi connectivity index (χ2v) is 7.64. The van der Waals surface area contributed by atoms with Gasteiger partial charge in [0.05, 0.1) is 23.9 Å². The van der Waals surface area contributed by atoms with E-state index in [1.807, 2.05) is 78.0 Å². The number of allylic oxidation sites excluding steroid dienone is 4. The lowest BCUT2D eigenvalue weighted by molar-refractivity contribution is -0.122. The maximum Gasteiger partial charge on any atom is 0.236 e. The van der Waals surface area contributed by atoms with Crippen LogP contribution < -0.4 is 21.4 Å². The van der Waals surface area contributed by atoms with Crippen molar-refractivity contribution in [2.75, 3.05) is 18.0 Å². The largest absolute Gasteiger partial charge is 0.355 e. The van der Waals surface area contributed by atoms with E-state index >= 15 is 0 Å². The number of hydrogen-bond donors (Lipinski definition) is 3. The smallest absolute Gasteiger partial charge is 0.236 e. The van der Waals surface area contributed by atoms with E-state index in [9.17, 15) is 9.59 Å². The van der Waals surface area contributed by atoms with Crippen LogP contribution >= 0.6 is 0 Å². The molecule has 1 aliphatic rings. The Morgan fingerprint density at radius 2 is 1.92 bits per heavy atom. The molecule has 2 unspecified atom stereocenters. The Kier molecular flexibility index (Phi) is 21.9. The Labute approximate surface area is 225 Å². The van der Waals surface area contributed by atoms with Gasteiger partial charge in [0.2, 0.25) is 11.8 Å². The van der Waals surface area contributed by atoms with Crippen LogP contribution in [0.5, 0.6) is 0 Å². The van der Waals surface area contributed by atoms with Crippen molar-refractivity contribution in [2.45, 2.75) is 72.9 Å². The average molecular weight is 510 g/mol. The number of terminal acetylenes is 1. The minimum Gasteiger partial charge on any atom is -0.355 e. The molecule has 0 saturated heterocycles. The van der Waals surface area contributed by atoms with Gasteiger partial charge in [0, 0.05) is 18.7 Å². The van der Waals surface area contributed by atoms with Crippen molar-refractivity contribution in [1.82, 2.24) is 10.7 Å².